The number of rotatable bonds is 7. The molecule has 5 heteroatoms. The summed E-state index contributed by atoms with van der Waals surface area (Å²) in [5, 5.41) is 2.60. The molecule has 0 aliphatic rings. The SMILES string of the molecule is O=C(C=Cc1ccccc1)NC(=Cc1ccccc1)C(=O)OCc1ccco1. The molecule has 140 valence electrons. The molecule has 5 nitrogen and oxygen atoms in total. The van der Waals surface area contributed by atoms with Gasteiger partial charge < -0.3 is 14.5 Å². The largest absolute Gasteiger partial charge is 0.466 e. The third kappa shape index (κ3) is 5.85. The second-order valence-corrected chi connectivity index (χ2v) is 5.86. The summed E-state index contributed by atoms with van der Waals surface area (Å²) in [6, 6.07) is 22.0. The molecule has 3 rings (SSSR count). The van der Waals surface area contributed by atoms with Gasteiger partial charge >= 0.3 is 5.97 Å². The maximum atomic E-state index is 12.5. The Hall–Kier alpha value is -3.86. The lowest BCUT2D eigenvalue weighted by atomic mass is 10.2. The Morgan fingerprint density at radius 3 is 2.21 bits per heavy atom. The average Bonchev–Trinajstić information content (AvgIpc) is 3.25. The van der Waals surface area contributed by atoms with Crippen LogP contribution in [0.1, 0.15) is 16.9 Å². The quantitative estimate of drug-likeness (QED) is 0.498. The Labute approximate surface area is 163 Å². The molecule has 2 aromatic carbocycles. The fraction of sp³-hybridized carbons (Fsp3) is 0.0435. The molecule has 0 spiro atoms. The average molecular weight is 373 g/mol. The van der Waals surface area contributed by atoms with Crippen molar-refractivity contribution < 1.29 is 18.7 Å². The lowest BCUT2D eigenvalue weighted by Gasteiger charge is -2.08. The van der Waals surface area contributed by atoms with Crippen molar-refractivity contribution >= 4 is 24.0 Å². The molecule has 0 radical (unpaired) electrons. The van der Waals surface area contributed by atoms with Gasteiger partial charge in [-0.15, -0.1) is 0 Å². The predicted molar refractivity (Wildman–Crippen MR) is 107 cm³/mol. The highest BCUT2D eigenvalue weighted by molar-refractivity contribution is 6.02. The van der Waals surface area contributed by atoms with Gasteiger partial charge in [0.05, 0.1) is 6.26 Å². The van der Waals surface area contributed by atoms with Crippen LogP contribution in [-0.4, -0.2) is 11.9 Å². The standard InChI is InChI=1S/C23H19NO4/c25-22(14-13-18-8-3-1-4-9-18)24-21(16-19-10-5-2-6-11-19)23(26)28-17-20-12-7-15-27-20/h1-16H,17H2,(H,24,25). The molecule has 1 amide bonds. The molecule has 3 aromatic rings. The van der Waals surface area contributed by atoms with Crippen LogP contribution in [0, 0.1) is 0 Å². The summed E-state index contributed by atoms with van der Waals surface area (Å²) < 4.78 is 10.4. The fourth-order valence-corrected chi connectivity index (χ4v) is 2.38. The summed E-state index contributed by atoms with van der Waals surface area (Å²) in [7, 11) is 0. The second kappa shape index (κ2) is 9.73. The Balaban J connectivity index is 1.72. The van der Waals surface area contributed by atoms with E-state index >= 15 is 0 Å². The van der Waals surface area contributed by atoms with Gasteiger partial charge in [0.25, 0.3) is 0 Å². The number of amides is 1. The molecule has 0 aliphatic carbocycles. The first kappa shape index (κ1) is 18.9. The highest BCUT2D eigenvalue weighted by atomic mass is 16.5. The summed E-state index contributed by atoms with van der Waals surface area (Å²) in [4.78, 5) is 24.8. The molecule has 0 aliphatic heterocycles. The topological polar surface area (TPSA) is 68.5 Å². The van der Waals surface area contributed by atoms with Crippen LogP contribution in [0.3, 0.4) is 0 Å². The fourth-order valence-electron chi connectivity index (χ4n) is 2.38. The third-order valence-electron chi connectivity index (χ3n) is 3.74. The van der Waals surface area contributed by atoms with Gasteiger partial charge in [0.1, 0.15) is 18.1 Å². The molecule has 0 unspecified atom stereocenters. The second-order valence-electron chi connectivity index (χ2n) is 5.86. The Bertz CT molecular complexity index is 958. The van der Waals surface area contributed by atoms with Crippen LogP contribution in [-0.2, 0) is 20.9 Å². The van der Waals surface area contributed by atoms with Crippen LogP contribution in [0.5, 0.6) is 0 Å². The molecule has 1 aromatic heterocycles. The zero-order chi connectivity index (χ0) is 19.6. The van der Waals surface area contributed by atoms with Gasteiger partial charge in [-0.1, -0.05) is 60.7 Å². The van der Waals surface area contributed by atoms with Crippen molar-refractivity contribution in [1.82, 2.24) is 5.32 Å². The number of esters is 1. The molecular weight excluding hydrogens is 354 g/mol. The zero-order valence-corrected chi connectivity index (χ0v) is 15.1. The first-order chi connectivity index (χ1) is 13.7. The summed E-state index contributed by atoms with van der Waals surface area (Å²) >= 11 is 0. The monoisotopic (exact) mass is 373 g/mol. The Morgan fingerprint density at radius 1 is 0.893 bits per heavy atom. The van der Waals surface area contributed by atoms with Gasteiger partial charge in [-0.05, 0) is 35.4 Å². The van der Waals surface area contributed by atoms with E-state index in [1.165, 1.54) is 12.3 Å². The molecule has 0 saturated heterocycles. The molecule has 28 heavy (non-hydrogen) atoms. The molecule has 0 fully saturated rings. The maximum absolute atomic E-state index is 12.5. The first-order valence-corrected chi connectivity index (χ1v) is 8.71. The normalized spacial score (nSPS) is 11.4. The van der Waals surface area contributed by atoms with Crippen LogP contribution in [0.15, 0.2) is 95.2 Å². The van der Waals surface area contributed by atoms with E-state index in [-0.39, 0.29) is 12.3 Å². The van der Waals surface area contributed by atoms with E-state index in [1.54, 1.807) is 24.3 Å². The number of carbonyl (C=O) groups excluding carboxylic acids is 2. The summed E-state index contributed by atoms with van der Waals surface area (Å²) in [6.07, 6.45) is 6.11. The lowest BCUT2D eigenvalue weighted by Crippen LogP contribution is -2.27. The number of hydrogen-bond donors (Lipinski definition) is 1. The minimum absolute atomic E-state index is 0.0202. The van der Waals surface area contributed by atoms with Crippen molar-refractivity contribution in [3.63, 3.8) is 0 Å². The highest BCUT2D eigenvalue weighted by Crippen LogP contribution is 2.09. The number of hydrogen-bond acceptors (Lipinski definition) is 4. The van der Waals surface area contributed by atoms with Crippen molar-refractivity contribution in [2.45, 2.75) is 6.61 Å². The van der Waals surface area contributed by atoms with Crippen molar-refractivity contribution in [1.29, 1.82) is 0 Å². The maximum Gasteiger partial charge on any atom is 0.355 e. The minimum Gasteiger partial charge on any atom is -0.466 e. The van der Waals surface area contributed by atoms with Crippen molar-refractivity contribution in [2.24, 2.45) is 0 Å². The zero-order valence-electron chi connectivity index (χ0n) is 15.1. The van der Waals surface area contributed by atoms with Gasteiger partial charge in [-0.2, -0.15) is 0 Å². The molecule has 0 atom stereocenters. The number of ether oxygens (including phenoxy) is 1. The van der Waals surface area contributed by atoms with E-state index in [0.717, 1.165) is 11.1 Å². The van der Waals surface area contributed by atoms with Gasteiger partial charge in [-0.25, -0.2) is 4.79 Å². The van der Waals surface area contributed by atoms with Gasteiger partial charge in [0.2, 0.25) is 5.91 Å². The molecule has 0 bridgehead atoms. The van der Waals surface area contributed by atoms with E-state index in [1.807, 2.05) is 60.7 Å². The van der Waals surface area contributed by atoms with Crippen molar-refractivity contribution in [3.8, 4) is 0 Å². The van der Waals surface area contributed by atoms with Gasteiger partial charge in [0, 0.05) is 6.08 Å². The van der Waals surface area contributed by atoms with Crippen LogP contribution in [0.2, 0.25) is 0 Å². The van der Waals surface area contributed by atoms with E-state index in [2.05, 4.69) is 5.32 Å². The van der Waals surface area contributed by atoms with Crippen molar-refractivity contribution in [3.05, 3.63) is 108 Å². The summed E-state index contributed by atoms with van der Waals surface area (Å²) in [5.74, 6) is -0.564. The molecule has 1 N–H and O–H groups in total. The first-order valence-electron chi connectivity index (χ1n) is 8.71. The summed E-state index contributed by atoms with van der Waals surface area (Å²) in [6.45, 7) is -0.0202. The third-order valence-corrected chi connectivity index (χ3v) is 3.74. The number of benzene rings is 2. The number of carbonyl (C=O) groups is 2. The van der Waals surface area contributed by atoms with E-state index in [0.29, 0.717) is 5.76 Å². The van der Waals surface area contributed by atoms with Crippen LogP contribution >= 0.6 is 0 Å². The number of furan rings is 1. The van der Waals surface area contributed by atoms with Gasteiger partial charge in [-0.3, -0.25) is 4.79 Å². The van der Waals surface area contributed by atoms with Crippen LogP contribution in [0.4, 0.5) is 0 Å². The minimum atomic E-state index is -0.651. The van der Waals surface area contributed by atoms with E-state index in [9.17, 15) is 9.59 Å². The molecule has 0 saturated carbocycles. The Kier molecular flexibility index (Phi) is 6.57. The lowest BCUT2D eigenvalue weighted by molar-refractivity contribution is -0.141. The van der Waals surface area contributed by atoms with Crippen LogP contribution in [0.25, 0.3) is 12.2 Å². The molecular formula is C23H19NO4. The highest BCUT2D eigenvalue weighted by Gasteiger charge is 2.14. The van der Waals surface area contributed by atoms with Crippen LogP contribution < -0.4 is 5.32 Å². The number of nitrogens with one attached hydrogen (secondary N) is 1. The Morgan fingerprint density at radius 2 is 1.57 bits per heavy atom. The van der Waals surface area contributed by atoms with Crippen molar-refractivity contribution in [2.75, 3.05) is 0 Å². The van der Waals surface area contributed by atoms with E-state index < -0.39 is 11.9 Å². The van der Waals surface area contributed by atoms with Gasteiger partial charge in [0.15, 0.2) is 0 Å². The summed E-state index contributed by atoms with van der Waals surface area (Å²) in [5.41, 5.74) is 1.69. The molecule has 1 heterocycles. The predicted octanol–water partition coefficient (Wildman–Crippen LogP) is 4.19. The van der Waals surface area contributed by atoms with E-state index in [4.69, 9.17) is 9.15 Å². The smallest absolute Gasteiger partial charge is 0.355 e.